The summed E-state index contributed by atoms with van der Waals surface area (Å²) >= 11 is 3.36. The summed E-state index contributed by atoms with van der Waals surface area (Å²) < 4.78 is 6.35. The van der Waals surface area contributed by atoms with Crippen molar-refractivity contribution in [2.24, 2.45) is 5.84 Å². The molecule has 0 saturated heterocycles. The van der Waals surface area contributed by atoms with E-state index in [0.717, 1.165) is 6.42 Å². The minimum atomic E-state index is 0.157. The molecule has 1 aromatic carbocycles. The van der Waals surface area contributed by atoms with Crippen LogP contribution in [0.2, 0.25) is 0 Å². The number of hydrogen-bond acceptors (Lipinski definition) is 5. The molecule has 0 spiro atoms. The quantitative estimate of drug-likeness (QED) is 0.629. The van der Waals surface area contributed by atoms with E-state index >= 15 is 0 Å². The lowest BCUT2D eigenvalue weighted by Gasteiger charge is -2.23. The van der Waals surface area contributed by atoms with Crippen molar-refractivity contribution < 1.29 is 4.74 Å². The molecule has 0 atom stereocenters. The zero-order valence-electron chi connectivity index (χ0n) is 12.4. The van der Waals surface area contributed by atoms with Crippen LogP contribution in [0, 0.1) is 0 Å². The number of benzene rings is 1. The Morgan fingerprint density at radius 2 is 1.90 bits per heavy atom. The van der Waals surface area contributed by atoms with E-state index in [4.69, 9.17) is 10.6 Å². The number of nitrogen functional groups attached to an aromatic ring is 1. The van der Waals surface area contributed by atoms with Crippen molar-refractivity contribution in [1.82, 2.24) is 9.97 Å². The average molecular weight is 351 g/mol. The van der Waals surface area contributed by atoms with E-state index in [9.17, 15) is 0 Å². The molecule has 112 valence electrons. The summed E-state index contributed by atoms with van der Waals surface area (Å²) in [6.07, 6.45) is 2.47. The Morgan fingerprint density at radius 1 is 1.24 bits per heavy atom. The number of rotatable bonds is 5. The van der Waals surface area contributed by atoms with Crippen LogP contribution >= 0.6 is 15.9 Å². The highest BCUT2D eigenvalue weighted by atomic mass is 79.9. The van der Waals surface area contributed by atoms with Crippen molar-refractivity contribution in [1.29, 1.82) is 0 Å². The van der Waals surface area contributed by atoms with Gasteiger partial charge in [-0.3, -0.25) is 0 Å². The monoisotopic (exact) mass is 350 g/mol. The van der Waals surface area contributed by atoms with Crippen molar-refractivity contribution in [3.8, 4) is 11.6 Å². The maximum Gasteiger partial charge on any atom is 0.238 e. The standard InChI is InChI=1S/C15H19BrN4O/c1-4-15(2,3)10-5-7-11(8-6-10)21-14-12(16)13(20-17)18-9-19-14/h5-9H,4,17H2,1-3H3,(H,18,19,20). The van der Waals surface area contributed by atoms with Crippen LogP contribution in [0.1, 0.15) is 32.8 Å². The lowest BCUT2D eigenvalue weighted by atomic mass is 9.82. The van der Waals surface area contributed by atoms with Gasteiger partial charge >= 0.3 is 0 Å². The van der Waals surface area contributed by atoms with Crippen LogP contribution in [0.5, 0.6) is 11.6 Å². The van der Waals surface area contributed by atoms with Crippen molar-refractivity contribution in [3.63, 3.8) is 0 Å². The van der Waals surface area contributed by atoms with Gasteiger partial charge in [0.05, 0.1) is 0 Å². The number of nitrogens with one attached hydrogen (secondary N) is 1. The first-order chi connectivity index (χ1) is 9.97. The molecule has 3 N–H and O–H groups in total. The summed E-state index contributed by atoms with van der Waals surface area (Å²) in [4.78, 5) is 8.08. The highest BCUT2D eigenvalue weighted by molar-refractivity contribution is 9.10. The van der Waals surface area contributed by atoms with Gasteiger partial charge < -0.3 is 10.2 Å². The van der Waals surface area contributed by atoms with E-state index in [2.05, 4.69) is 64.2 Å². The summed E-state index contributed by atoms with van der Waals surface area (Å²) in [6.45, 7) is 6.63. The van der Waals surface area contributed by atoms with E-state index in [1.807, 2.05) is 12.1 Å². The Bertz CT molecular complexity index is 614. The lowest BCUT2D eigenvalue weighted by molar-refractivity contribution is 0.456. The van der Waals surface area contributed by atoms with Crippen molar-refractivity contribution in [2.45, 2.75) is 32.6 Å². The summed E-state index contributed by atoms with van der Waals surface area (Å²) in [5.41, 5.74) is 3.92. The predicted molar refractivity (Wildman–Crippen MR) is 87.4 cm³/mol. The molecule has 0 bridgehead atoms. The van der Waals surface area contributed by atoms with Gasteiger partial charge in [0.15, 0.2) is 5.82 Å². The molecule has 0 unspecified atom stereocenters. The largest absolute Gasteiger partial charge is 0.438 e. The van der Waals surface area contributed by atoms with Crippen molar-refractivity contribution in [2.75, 3.05) is 5.43 Å². The highest BCUT2D eigenvalue weighted by Gasteiger charge is 2.18. The summed E-state index contributed by atoms with van der Waals surface area (Å²) in [5, 5.41) is 0. The molecule has 0 radical (unpaired) electrons. The first kappa shape index (κ1) is 15.7. The number of hydrogen-bond donors (Lipinski definition) is 2. The van der Waals surface area contributed by atoms with Crippen LogP contribution in [0.25, 0.3) is 0 Å². The Labute approximate surface area is 133 Å². The second kappa shape index (κ2) is 6.41. The second-order valence-corrected chi connectivity index (χ2v) is 6.14. The molecule has 0 aliphatic carbocycles. The fraction of sp³-hybridized carbons (Fsp3) is 0.333. The number of nitrogens with zero attached hydrogens (tertiary/aromatic N) is 2. The zero-order valence-corrected chi connectivity index (χ0v) is 13.9. The predicted octanol–water partition coefficient (Wildman–Crippen LogP) is 4.00. The third kappa shape index (κ3) is 3.51. The smallest absolute Gasteiger partial charge is 0.238 e. The summed E-state index contributed by atoms with van der Waals surface area (Å²) in [6, 6.07) is 8.04. The molecule has 2 rings (SSSR count). The molecular weight excluding hydrogens is 332 g/mol. The average Bonchev–Trinajstić information content (AvgIpc) is 2.50. The molecular formula is C15H19BrN4O. The molecule has 1 heterocycles. The van der Waals surface area contributed by atoms with Crippen LogP contribution in [0.4, 0.5) is 5.82 Å². The van der Waals surface area contributed by atoms with Gasteiger partial charge in [-0.2, -0.15) is 0 Å². The van der Waals surface area contributed by atoms with Crippen LogP contribution in [0.15, 0.2) is 35.1 Å². The fourth-order valence-electron chi connectivity index (χ4n) is 1.82. The lowest BCUT2D eigenvalue weighted by Crippen LogP contribution is -2.14. The minimum Gasteiger partial charge on any atom is -0.438 e. The van der Waals surface area contributed by atoms with Gasteiger partial charge in [-0.15, -0.1) is 0 Å². The van der Waals surface area contributed by atoms with E-state index in [1.165, 1.54) is 11.9 Å². The van der Waals surface area contributed by atoms with Crippen LogP contribution < -0.4 is 16.0 Å². The number of aromatic nitrogens is 2. The van der Waals surface area contributed by atoms with Gasteiger partial charge in [0, 0.05) is 0 Å². The Balaban J connectivity index is 2.22. The maximum atomic E-state index is 5.76. The molecule has 1 aromatic heterocycles. The van der Waals surface area contributed by atoms with Crippen LogP contribution in [0.3, 0.4) is 0 Å². The number of anilines is 1. The molecule has 2 aromatic rings. The Hall–Kier alpha value is -1.66. The Morgan fingerprint density at radius 3 is 2.48 bits per heavy atom. The molecule has 0 amide bonds. The molecule has 5 nitrogen and oxygen atoms in total. The fourth-order valence-corrected chi connectivity index (χ4v) is 2.22. The van der Waals surface area contributed by atoms with Gasteiger partial charge in [0.25, 0.3) is 0 Å². The second-order valence-electron chi connectivity index (χ2n) is 5.35. The summed E-state index contributed by atoms with van der Waals surface area (Å²) in [5.74, 6) is 6.98. The van der Waals surface area contributed by atoms with Crippen molar-refractivity contribution >= 4 is 21.7 Å². The third-order valence-electron chi connectivity index (χ3n) is 3.63. The highest BCUT2D eigenvalue weighted by Crippen LogP contribution is 2.33. The molecule has 0 saturated carbocycles. The Kier molecular flexibility index (Phi) is 4.80. The van der Waals surface area contributed by atoms with Gasteiger partial charge in [0.2, 0.25) is 5.88 Å². The number of nitrogens with two attached hydrogens (primary N) is 1. The SMILES string of the molecule is CCC(C)(C)c1ccc(Oc2ncnc(NN)c2Br)cc1. The molecule has 6 heteroatoms. The van der Waals surface area contributed by atoms with Crippen LogP contribution in [-0.4, -0.2) is 9.97 Å². The van der Waals surface area contributed by atoms with Gasteiger partial charge in [-0.1, -0.05) is 32.9 Å². The maximum absolute atomic E-state index is 5.76. The zero-order chi connectivity index (χ0) is 15.5. The number of halogens is 1. The third-order valence-corrected chi connectivity index (χ3v) is 4.34. The molecule has 0 aliphatic heterocycles. The summed E-state index contributed by atoms with van der Waals surface area (Å²) in [7, 11) is 0. The first-order valence-electron chi connectivity index (χ1n) is 6.73. The molecule has 0 fully saturated rings. The van der Waals surface area contributed by atoms with Crippen LogP contribution in [-0.2, 0) is 5.41 Å². The number of hydrazine groups is 1. The van der Waals surface area contributed by atoms with Gasteiger partial charge in [-0.25, -0.2) is 15.8 Å². The number of ether oxygens (including phenoxy) is 1. The molecule has 0 aliphatic rings. The van der Waals surface area contributed by atoms with Gasteiger partial charge in [-0.05, 0) is 45.5 Å². The normalized spacial score (nSPS) is 11.3. The first-order valence-corrected chi connectivity index (χ1v) is 7.52. The van der Waals surface area contributed by atoms with Gasteiger partial charge in [0.1, 0.15) is 16.5 Å². The topological polar surface area (TPSA) is 73.1 Å². The molecule has 21 heavy (non-hydrogen) atoms. The van der Waals surface area contributed by atoms with E-state index in [1.54, 1.807) is 0 Å². The van der Waals surface area contributed by atoms with Crippen molar-refractivity contribution in [3.05, 3.63) is 40.6 Å². The van der Waals surface area contributed by atoms with E-state index in [0.29, 0.717) is 21.9 Å². The van der Waals surface area contributed by atoms with E-state index < -0.39 is 0 Å². The minimum absolute atomic E-state index is 0.157. The van der Waals surface area contributed by atoms with E-state index in [-0.39, 0.29) is 5.41 Å².